The molecule has 0 aromatic carbocycles. The highest BCUT2D eigenvalue weighted by Gasteiger charge is 2.23. The topological polar surface area (TPSA) is 50.7 Å². The Labute approximate surface area is 144 Å². The third-order valence-electron chi connectivity index (χ3n) is 4.34. The fraction of sp³-hybridized carbons (Fsp3) is 0.353. The number of rotatable bonds is 3. The van der Waals surface area contributed by atoms with Gasteiger partial charge in [-0.2, -0.15) is 0 Å². The van der Waals surface area contributed by atoms with E-state index in [9.17, 15) is 0 Å². The van der Waals surface area contributed by atoms with Gasteiger partial charge >= 0.3 is 0 Å². The highest BCUT2D eigenvalue weighted by Crippen LogP contribution is 2.40. The number of halogens is 1. The van der Waals surface area contributed by atoms with E-state index >= 15 is 0 Å². The Morgan fingerprint density at radius 1 is 1.30 bits per heavy atom. The highest BCUT2D eigenvalue weighted by molar-refractivity contribution is 7.19. The van der Waals surface area contributed by atoms with Crippen LogP contribution in [0.15, 0.2) is 24.5 Å². The van der Waals surface area contributed by atoms with Crippen molar-refractivity contribution < 1.29 is 0 Å². The van der Waals surface area contributed by atoms with Gasteiger partial charge in [-0.05, 0) is 60.0 Å². The van der Waals surface area contributed by atoms with E-state index in [1.165, 1.54) is 22.4 Å². The number of nitrogens with one attached hydrogen (secondary N) is 1. The summed E-state index contributed by atoms with van der Waals surface area (Å²) in [6.45, 7) is 3.01. The van der Waals surface area contributed by atoms with Gasteiger partial charge in [-0.25, -0.2) is 9.97 Å². The first-order valence-corrected chi connectivity index (χ1v) is 9.00. The van der Waals surface area contributed by atoms with Crippen molar-refractivity contribution in [2.24, 2.45) is 5.92 Å². The van der Waals surface area contributed by atoms with Gasteiger partial charge in [0.25, 0.3) is 0 Å². The summed E-state index contributed by atoms with van der Waals surface area (Å²) in [5.41, 5.74) is 2.58. The molecule has 0 saturated carbocycles. The summed E-state index contributed by atoms with van der Waals surface area (Å²) in [6.07, 6.45) is 7.06. The van der Waals surface area contributed by atoms with Crippen LogP contribution in [0.2, 0.25) is 5.28 Å². The van der Waals surface area contributed by atoms with Crippen molar-refractivity contribution in [1.29, 1.82) is 0 Å². The van der Waals surface area contributed by atoms with Crippen molar-refractivity contribution in [3.63, 3.8) is 0 Å². The van der Waals surface area contributed by atoms with Gasteiger partial charge in [0.15, 0.2) is 0 Å². The lowest BCUT2D eigenvalue weighted by atomic mass is 9.89. The van der Waals surface area contributed by atoms with E-state index in [4.69, 9.17) is 11.6 Å². The van der Waals surface area contributed by atoms with E-state index in [-0.39, 0.29) is 0 Å². The zero-order chi connectivity index (χ0) is 15.8. The normalized spacial score (nSPS) is 17.2. The molecule has 1 unspecified atom stereocenters. The number of aryl methyl sites for hydroxylation is 1. The molecule has 1 atom stereocenters. The van der Waals surface area contributed by atoms with Gasteiger partial charge in [0, 0.05) is 23.8 Å². The average Bonchev–Trinajstić information content (AvgIpc) is 2.90. The minimum Gasteiger partial charge on any atom is -0.365 e. The fourth-order valence-electron chi connectivity index (χ4n) is 3.13. The standard InChI is InChI=1S/C17H17ClN4S/c1-10-2-3-12-13(8-10)23-16-14(12)15(21-17(18)22-16)20-9-11-4-6-19-7-5-11/h4-7,10H,2-3,8-9H2,1H3,(H,20,21,22). The molecule has 0 saturated heterocycles. The molecule has 1 aliphatic rings. The number of fused-ring (bicyclic) bond motifs is 3. The molecule has 0 bridgehead atoms. The van der Waals surface area contributed by atoms with Crippen molar-refractivity contribution >= 4 is 39.0 Å². The Balaban J connectivity index is 1.73. The Kier molecular flexibility index (Phi) is 3.91. The molecule has 0 spiro atoms. The van der Waals surface area contributed by atoms with Gasteiger partial charge in [-0.3, -0.25) is 4.98 Å². The summed E-state index contributed by atoms with van der Waals surface area (Å²) >= 11 is 7.90. The molecular weight excluding hydrogens is 328 g/mol. The molecule has 4 rings (SSSR count). The van der Waals surface area contributed by atoms with E-state index in [1.54, 1.807) is 23.7 Å². The van der Waals surface area contributed by atoms with Crippen LogP contribution in [-0.2, 0) is 19.4 Å². The Bertz CT molecular complexity index is 847. The van der Waals surface area contributed by atoms with Gasteiger partial charge < -0.3 is 5.32 Å². The second-order valence-electron chi connectivity index (χ2n) is 6.08. The van der Waals surface area contributed by atoms with E-state index in [0.29, 0.717) is 11.8 Å². The van der Waals surface area contributed by atoms with Crippen LogP contribution in [0.1, 0.15) is 29.3 Å². The van der Waals surface area contributed by atoms with Crippen molar-refractivity contribution in [2.45, 2.75) is 32.7 Å². The van der Waals surface area contributed by atoms with E-state index < -0.39 is 0 Å². The quantitative estimate of drug-likeness (QED) is 0.712. The number of nitrogens with zero attached hydrogens (tertiary/aromatic N) is 3. The smallest absolute Gasteiger partial charge is 0.225 e. The number of thiophene rings is 1. The molecule has 0 aliphatic heterocycles. The molecule has 3 heterocycles. The lowest BCUT2D eigenvalue weighted by Gasteiger charge is -2.18. The zero-order valence-corrected chi connectivity index (χ0v) is 14.4. The summed E-state index contributed by atoms with van der Waals surface area (Å²) in [5, 5.41) is 4.90. The van der Waals surface area contributed by atoms with Crippen LogP contribution < -0.4 is 5.32 Å². The maximum absolute atomic E-state index is 6.13. The molecular formula is C17H17ClN4S. The zero-order valence-electron chi connectivity index (χ0n) is 12.8. The van der Waals surface area contributed by atoms with E-state index in [0.717, 1.165) is 34.8 Å². The van der Waals surface area contributed by atoms with Crippen molar-refractivity contribution in [3.05, 3.63) is 45.8 Å². The summed E-state index contributed by atoms with van der Waals surface area (Å²) in [4.78, 5) is 15.4. The molecule has 0 amide bonds. The third-order valence-corrected chi connectivity index (χ3v) is 5.65. The van der Waals surface area contributed by atoms with Gasteiger partial charge in [0.05, 0.1) is 5.39 Å². The van der Waals surface area contributed by atoms with E-state index in [1.807, 2.05) is 12.1 Å². The minimum atomic E-state index is 0.307. The number of hydrogen-bond acceptors (Lipinski definition) is 5. The first-order chi connectivity index (χ1) is 11.2. The second kappa shape index (κ2) is 6.06. The monoisotopic (exact) mass is 344 g/mol. The number of hydrogen-bond donors (Lipinski definition) is 1. The van der Waals surface area contributed by atoms with Gasteiger partial charge in [-0.15, -0.1) is 11.3 Å². The predicted molar refractivity (Wildman–Crippen MR) is 95.2 cm³/mol. The molecule has 0 fully saturated rings. The first kappa shape index (κ1) is 14.8. The van der Waals surface area contributed by atoms with Crippen molar-refractivity contribution in [3.8, 4) is 0 Å². The van der Waals surface area contributed by atoms with Crippen LogP contribution in [0, 0.1) is 5.92 Å². The molecule has 3 aromatic heterocycles. The number of aromatic nitrogens is 3. The molecule has 1 aliphatic carbocycles. The Morgan fingerprint density at radius 3 is 2.96 bits per heavy atom. The third kappa shape index (κ3) is 2.91. The van der Waals surface area contributed by atoms with Crippen LogP contribution >= 0.6 is 22.9 Å². The largest absolute Gasteiger partial charge is 0.365 e. The van der Waals surface area contributed by atoms with Crippen LogP contribution in [-0.4, -0.2) is 15.0 Å². The lowest BCUT2D eigenvalue weighted by molar-refractivity contribution is 0.509. The second-order valence-corrected chi connectivity index (χ2v) is 7.50. The number of anilines is 1. The fourth-order valence-corrected chi connectivity index (χ4v) is 4.73. The van der Waals surface area contributed by atoms with Crippen LogP contribution in [0.4, 0.5) is 5.82 Å². The van der Waals surface area contributed by atoms with Crippen LogP contribution in [0.3, 0.4) is 0 Å². The molecule has 3 aromatic rings. The van der Waals surface area contributed by atoms with E-state index in [2.05, 4.69) is 27.2 Å². The molecule has 118 valence electrons. The molecule has 0 radical (unpaired) electrons. The molecule has 4 nitrogen and oxygen atoms in total. The SMILES string of the molecule is CC1CCc2c(sc3nc(Cl)nc(NCc4ccncc4)c23)C1. The van der Waals surface area contributed by atoms with Gasteiger partial charge in [0.1, 0.15) is 10.6 Å². The summed E-state index contributed by atoms with van der Waals surface area (Å²) in [5.74, 6) is 1.59. The highest BCUT2D eigenvalue weighted by atomic mass is 35.5. The Hall–Kier alpha value is -1.72. The summed E-state index contributed by atoms with van der Waals surface area (Å²) in [6, 6.07) is 4.00. The van der Waals surface area contributed by atoms with Crippen LogP contribution in [0.25, 0.3) is 10.2 Å². The maximum atomic E-state index is 6.13. The number of pyridine rings is 1. The van der Waals surface area contributed by atoms with Crippen molar-refractivity contribution in [1.82, 2.24) is 15.0 Å². The summed E-state index contributed by atoms with van der Waals surface area (Å²) < 4.78 is 0. The predicted octanol–water partition coefficient (Wildman–Crippen LogP) is 4.48. The summed E-state index contributed by atoms with van der Waals surface area (Å²) in [7, 11) is 0. The Morgan fingerprint density at radius 2 is 2.13 bits per heavy atom. The van der Waals surface area contributed by atoms with Gasteiger partial charge in [0.2, 0.25) is 5.28 Å². The van der Waals surface area contributed by atoms with Crippen molar-refractivity contribution in [2.75, 3.05) is 5.32 Å². The lowest BCUT2D eigenvalue weighted by Crippen LogP contribution is -2.09. The maximum Gasteiger partial charge on any atom is 0.225 e. The average molecular weight is 345 g/mol. The molecule has 1 N–H and O–H groups in total. The first-order valence-electron chi connectivity index (χ1n) is 7.81. The van der Waals surface area contributed by atoms with Crippen LogP contribution in [0.5, 0.6) is 0 Å². The van der Waals surface area contributed by atoms with Gasteiger partial charge in [-0.1, -0.05) is 6.92 Å². The molecule has 6 heteroatoms. The minimum absolute atomic E-state index is 0.307. The molecule has 23 heavy (non-hydrogen) atoms.